The quantitative estimate of drug-likeness (QED) is 0.565. The molecule has 3 heterocycles. The Morgan fingerprint density at radius 3 is 2.65 bits per heavy atom. The number of likely N-dealkylation sites (N-methyl/N-ethyl adjacent to an activating group) is 1. The van der Waals surface area contributed by atoms with E-state index in [4.69, 9.17) is 4.74 Å². The molecule has 10 nitrogen and oxygen atoms in total. The maximum absolute atomic E-state index is 13.1. The molecule has 2 aliphatic rings. The molecule has 0 spiro atoms. The third-order valence-electron chi connectivity index (χ3n) is 6.25. The van der Waals surface area contributed by atoms with Crippen molar-refractivity contribution in [3.8, 4) is 5.88 Å². The van der Waals surface area contributed by atoms with Crippen molar-refractivity contribution in [1.29, 1.82) is 0 Å². The fourth-order valence-corrected chi connectivity index (χ4v) is 4.24. The first kappa shape index (κ1) is 24.0. The standard InChI is InChI=1S/C24H33N5O5/c1-15(2)13-28-22-17(4-7-19(30)27(3)14-16-8-10-34-11-9-16)12-25-29(22)24(33)20(23(28)32)21(31)26-18-5-6-18/h4,7,12,15-16,18,32H,5-6,8-11,13-14H2,1-3H3,(H,26,31). The molecule has 0 bridgehead atoms. The molecule has 2 aromatic heterocycles. The summed E-state index contributed by atoms with van der Waals surface area (Å²) in [6.07, 6.45) is 8.12. The first-order valence-electron chi connectivity index (χ1n) is 11.9. The predicted molar refractivity (Wildman–Crippen MR) is 127 cm³/mol. The van der Waals surface area contributed by atoms with Crippen molar-refractivity contribution in [1.82, 2.24) is 24.4 Å². The minimum Gasteiger partial charge on any atom is -0.494 e. The average molecular weight is 472 g/mol. The summed E-state index contributed by atoms with van der Waals surface area (Å²) in [6, 6.07) is 0.0424. The van der Waals surface area contributed by atoms with Crippen LogP contribution in [0.25, 0.3) is 11.7 Å². The molecule has 0 aromatic carbocycles. The van der Waals surface area contributed by atoms with Gasteiger partial charge in [-0.15, -0.1) is 0 Å². The summed E-state index contributed by atoms with van der Waals surface area (Å²) in [5.74, 6) is -0.602. The van der Waals surface area contributed by atoms with Crippen molar-refractivity contribution in [2.75, 3.05) is 26.8 Å². The van der Waals surface area contributed by atoms with Crippen molar-refractivity contribution in [3.63, 3.8) is 0 Å². The number of carbonyl (C=O) groups excluding carboxylic acids is 2. The largest absolute Gasteiger partial charge is 0.494 e. The van der Waals surface area contributed by atoms with E-state index in [-0.39, 0.29) is 29.3 Å². The van der Waals surface area contributed by atoms with Crippen molar-refractivity contribution in [2.24, 2.45) is 11.8 Å². The summed E-state index contributed by atoms with van der Waals surface area (Å²) >= 11 is 0. The second-order valence-electron chi connectivity index (χ2n) is 9.70. The zero-order chi connectivity index (χ0) is 24.4. The SMILES string of the molecule is CC(C)Cn1c(O)c(C(=O)NC2CC2)c(=O)n2ncc(C=CC(=O)N(C)CC3CCOCC3)c12. The lowest BCUT2D eigenvalue weighted by atomic mass is 10.00. The van der Waals surface area contributed by atoms with E-state index in [1.165, 1.54) is 16.8 Å². The van der Waals surface area contributed by atoms with Crippen LogP contribution in [0.4, 0.5) is 0 Å². The molecule has 10 heteroatoms. The van der Waals surface area contributed by atoms with Gasteiger partial charge in [0.2, 0.25) is 11.8 Å². The summed E-state index contributed by atoms with van der Waals surface area (Å²) in [5, 5.41) is 17.9. The first-order valence-corrected chi connectivity index (χ1v) is 11.9. The summed E-state index contributed by atoms with van der Waals surface area (Å²) in [6.45, 7) is 6.41. The molecular formula is C24H33N5O5. The Hall–Kier alpha value is -3.14. The molecule has 184 valence electrons. The van der Waals surface area contributed by atoms with E-state index in [9.17, 15) is 19.5 Å². The number of nitrogens with one attached hydrogen (secondary N) is 1. The van der Waals surface area contributed by atoms with E-state index in [2.05, 4.69) is 10.4 Å². The Kier molecular flexibility index (Phi) is 7.06. The number of hydrogen-bond acceptors (Lipinski definition) is 6. The molecule has 0 atom stereocenters. The van der Waals surface area contributed by atoms with Gasteiger partial charge in [0, 0.05) is 51.0 Å². The Labute approximate surface area is 198 Å². The van der Waals surface area contributed by atoms with Gasteiger partial charge in [-0.2, -0.15) is 9.61 Å². The highest BCUT2D eigenvalue weighted by Crippen LogP contribution is 2.24. The molecule has 0 radical (unpaired) electrons. The van der Waals surface area contributed by atoms with E-state index in [1.807, 2.05) is 13.8 Å². The fraction of sp³-hybridized carbons (Fsp3) is 0.583. The lowest BCUT2D eigenvalue weighted by molar-refractivity contribution is -0.125. The number of rotatable bonds is 8. The Morgan fingerprint density at radius 2 is 2.00 bits per heavy atom. The zero-order valence-corrected chi connectivity index (χ0v) is 20.0. The van der Waals surface area contributed by atoms with Gasteiger partial charge in [0.1, 0.15) is 5.65 Å². The van der Waals surface area contributed by atoms with Crippen molar-refractivity contribution >= 4 is 23.5 Å². The highest BCUT2D eigenvalue weighted by Gasteiger charge is 2.30. The molecule has 1 saturated carbocycles. The van der Waals surface area contributed by atoms with Gasteiger partial charge in [0.05, 0.1) is 6.20 Å². The molecule has 1 aliphatic carbocycles. The second kappa shape index (κ2) is 10.0. The monoisotopic (exact) mass is 471 g/mol. The van der Waals surface area contributed by atoms with Gasteiger partial charge in [-0.25, -0.2) is 0 Å². The minimum absolute atomic E-state index is 0.0424. The molecule has 2 N–H and O–H groups in total. The van der Waals surface area contributed by atoms with E-state index in [0.29, 0.717) is 30.2 Å². The molecule has 0 unspecified atom stereocenters. The highest BCUT2D eigenvalue weighted by molar-refractivity contribution is 5.97. The van der Waals surface area contributed by atoms with Gasteiger partial charge >= 0.3 is 0 Å². The molecule has 1 aliphatic heterocycles. The van der Waals surface area contributed by atoms with E-state index < -0.39 is 11.5 Å². The van der Waals surface area contributed by atoms with Gasteiger partial charge in [0.25, 0.3) is 11.5 Å². The van der Waals surface area contributed by atoms with Gasteiger partial charge in [0.15, 0.2) is 5.56 Å². The topological polar surface area (TPSA) is 118 Å². The molecule has 2 aromatic rings. The van der Waals surface area contributed by atoms with E-state index in [0.717, 1.165) is 43.4 Å². The minimum atomic E-state index is -0.687. The third-order valence-corrected chi connectivity index (χ3v) is 6.25. The maximum atomic E-state index is 13.1. The van der Waals surface area contributed by atoms with Gasteiger partial charge in [-0.1, -0.05) is 13.8 Å². The van der Waals surface area contributed by atoms with Crippen LogP contribution in [0.3, 0.4) is 0 Å². The van der Waals surface area contributed by atoms with Crippen LogP contribution in [-0.2, 0) is 16.1 Å². The molecule has 34 heavy (non-hydrogen) atoms. The number of aromatic hydroxyl groups is 1. The Morgan fingerprint density at radius 1 is 1.29 bits per heavy atom. The lowest BCUT2D eigenvalue weighted by Crippen LogP contribution is -2.34. The normalized spacial score (nSPS) is 17.1. The number of hydrogen-bond donors (Lipinski definition) is 2. The van der Waals surface area contributed by atoms with E-state index >= 15 is 0 Å². The van der Waals surface area contributed by atoms with Crippen LogP contribution in [0.5, 0.6) is 5.88 Å². The van der Waals surface area contributed by atoms with Crippen LogP contribution in [0, 0.1) is 11.8 Å². The number of ether oxygens (including phenoxy) is 1. The molecular weight excluding hydrogens is 438 g/mol. The Bertz CT molecular complexity index is 1150. The highest BCUT2D eigenvalue weighted by atomic mass is 16.5. The van der Waals surface area contributed by atoms with Crippen LogP contribution >= 0.6 is 0 Å². The van der Waals surface area contributed by atoms with Crippen LogP contribution < -0.4 is 10.9 Å². The maximum Gasteiger partial charge on any atom is 0.291 e. The second-order valence-corrected chi connectivity index (χ2v) is 9.70. The molecule has 1 saturated heterocycles. The summed E-state index contributed by atoms with van der Waals surface area (Å²) < 4.78 is 8.03. The number of nitrogens with zero attached hydrogens (tertiary/aromatic N) is 4. The van der Waals surface area contributed by atoms with Crippen molar-refractivity contribution < 1.29 is 19.4 Å². The molecule has 2 fully saturated rings. The number of amides is 2. The van der Waals surface area contributed by atoms with Crippen LogP contribution in [0.15, 0.2) is 17.1 Å². The fourth-order valence-electron chi connectivity index (χ4n) is 4.24. The van der Waals surface area contributed by atoms with Gasteiger partial charge in [-0.05, 0) is 43.6 Å². The van der Waals surface area contributed by atoms with Crippen LogP contribution in [-0.4, -0.2) is 68.9 Å². The molecule has 4 rings (SSSR count). The number of carbonyl (C=O) groups is 2. The number of fused-ring (bicyclic) bond motifs is 1. The smallest absolute Gasteiger partial charge is 0.291 e. The number of aromatic nitrogens is 3. The van der Waals surface area contributed by atoms with Crippen LogP contribution in [0.2, 0.25) is 0 Å². The van der Waals surface area contributed by atoms with Crippen molar-refractivity contribution in [3.05, 3.63) is 33.8 Å². The third kappa shape index (κ3) is 5.16. The Balaban J connectivity index is 1.64. The average Bonchev–Trinajstić information content (AvgIpc) is 3.50. The summed E-state index contributed by atoms with van der Waals surface area (Å²) in [4.78, 5) is 40.1. The van der Waals surface area contributed by atoms with Gasteiger partial charge < -0.3 is 20.1 Å². The zero-order valence-electron chi connectivity index (χ0n) is 20.0. The van der Waals surface area contributed by atoms with E-state index in [1.54, 1.807) is 18.0 Å². The van der Waals surface area contributed by atoms with Crippen LogP contribution in [0.1, 0.15) is 55.5 Å². The van der Waals surface area contributed by atoms with Gasteiger partial charge in [-0.3, -0.25) is 19.0 Å². The van der Waals surface area contributed by atoms with Crippen molar-refractivity contribution in [2.45, 2.75) is 52.1 Å². The summed E-state index contributed by atoms with van der Waals surface area (Å²) in [7, 11) is 1.77. The first-order chi connectivity index (χ1) is 16.3. The summed E-state index contributed by atoms with van der Waals surface area (Å²) in [5.41, 5.74) is -0.149. The lowest BCUT2D eigenvalue weighted by Gasteiger charge is -2.26. The predicted octanol–water partition coefficient (Wildman–Crippen LogP) is 1.65. The molecule has 2 amide bonds.